The predicted molar refractivity (Wildman–Crippen MR) is 96.8 cm³/mol. The molecule has 1 saturated heterocycles. The first-order chi connectivity index (χ1) is 11.2. The molecule has 0 saturated carbocycles. The van der Waals surface area contributed by atoms with Gasteiger partial charge in [-0.05, 0) is 36.3 Å². The van der Waals surface area contributed by atoms with E-state index in [1.165, 1.54) is 12.0 Å². The molecule has 130 valence electrons. The van der Waals surface area contributed by atoms with Gasteiger partial charge in [0.2, 0.25) is 0 Å². The third-order valence-electron chi connectivity index (χ3n) is 4.78. The minimum atomic E-state index is -0.517. The highest BCUT2D eigenvalue weighted by molar-refractivity contribution is 8.19. The number of carbonyl (C=O) groups excluding carboxylic acids is 1. The summed E-state index contributed by atoms with van der Waals surface area (Å²) in [6.45, 7) is 7.61. The molecule has 1 atom stereocenters. The summed E-state index contributed by atoms with van der Waals surface area (Å²) < 4.78 is 10.9. The lowest BCUT2D eigenvalue weighted by atomic mass is 9.87. The molecule has 0 amide bonds. The summed E-state index contributed by atoms with van der Waals surface area (Å²) in [6, 6.07) is 0.165. The van der Waals surface area contributed by atoms with Crippen molar-refractivity contribution in [1.29, 1.82) is 0 Å². The number of nitrogens with zero attached hydrogens (tertiary/aromatic N) is 1. The first-order valence-corrected chi connectivity index (χ1v) is 10.7. The van der Waals surface area contributed by atoms with E-state index in [9.17, 15) is 4.79 Å². The fourth-order valence-corrected chi connectivity index (χ4v) is 6.99. The van der Waals surface area contributed by atoms with E-state index in [1.807, 2.05) is 0 Å². The number of morpholine rings is 1. The first-order valence-electron chi connectivity index (χ1n) is 8.76. The van der Waals surface area contributed by atoms with Crippen molar-refractivity contribution in [3.8, 4) is 0 Å². The topological polar surface area (TPSA) is 38.8 Å². The van der Waals surface area contributed by atoms with Gasteiger partial charge in [0.15, 0.2) is 4.08 Å². The molecule has 2 aliphatic heterocycles. The van der Waals surface area contributed by atoms with Crippen molar-refractivity contribution in [1.82, 2.24) is 4.90 Å². The molecule has 23 heavy (non-hydrogen) atoms. The van der Waals surface area contributed by atoms with Crippen LogP contribution in [-0.4, -0.2) is 58.8 Å². The Balaban J connectivity index is 2.03. The molecule has 0 aromatic carbocycles. The third kappa shape index (κ3) is 3.32. The predicted octanol–water partition coefficient (Wildman–Crippen LogP) is 3.27. The summed E-state index contributed by atoms with van der Waals surface area (Å²) in [5, 5.41) is 0. The summed E-state index contributed by atoms with van der Waals surface area (Å²) in [6.07, 6.45) is 4.34. The van der Waals surface area contributed by atoms with Gasteiger partial charge in [-0.2, -0.15) is 0 Å². The SMILES string of the molecule is CCSC1(SCC)C(=O)OC2=C(CCCC2)C1N1CCOCC1. The maximum absolute atomic E-state index is 13.0. The van der Waals surface area contributed by atoms with Crippen LogP contribution in [0.1, 0.15) is 39.5 Å². The molecule has 1 aliphatic carbocycles. The molecule has 0 bridgehead atoms. The van der Waals surface area contributed by atoms with E-state index >= 15 is 0 Å². The average Bonchev–Trinajstić information content (AvgIpc) is 2.57. The van der Waals surface area contributed by atoms with Crippen LogP contribution < -0.4 is 0 Å². The third-order valence-corrected chi connectivity index (χ3v) is 7.70. The van der Waals surface area contributed by atoms with Crippen molar-refractivity contribution in [3.05, 3.63) is 11.3 Å². The van der Waals surface area contributed by atoms with Crippen LogP contribution in [0.3, 0.4) is 0 Å². The fraction of sp³-hybridized carbons (Fsp3) is 0.824. The average molecular weight is 358 g/mol. The number of hydrogen-bond donors (Lipinski definition) is 0. The molecular formula is C17H27NO3S2. The number of esters is 1. The Hall–Kier alpha value is -0.170. The second-order valence-corrected chi connectivity index (χ2v) is 9.41. The maximum atomic E-state index is 13.0. The minimum Gasteiger partial charge on any atom is -0.429 e. The van der Waals surface area contributed by atoms with E-state index in [1.54, 1.807) is 23.5 Å². The summed E-state index contributed by atoms with van der Waals surface area (Å²) in [5.41, 5.74) is 1.39. The van der Waals surface area contributed by atoms with Gasteiger partial charge in [-0.3, -0.25) is 4.90 Å². The van der Waals surface area contributed by atoms with Crippen LogP contribution in [0, 0.1) is 0 Å². The van der Waals surface area contributed by atoms with Gasteiger partial charge < -0.3 is 9.47 Å². The highest BCUT2D eigenvalue weighted by Gasteiger charge is 2.55. The molecule has 3 aliphatic rings. The number of carbonyl (C=O) groups is 1. The van der Waals surface area contributed by atoms with E-state index in [4.69, 9.17) is 9.47 Å². The summed E-state index contributed by atoms with van der Waals surface area (Å²) in [5.74, 6) is 2.78. The van der Waals surface area contributed by atoms with Crippen molar-refractivity contribution in [2.24, 2.45) is 0 Å². The van der Waals surface area contributed by atoms with Crippen LogP contribution >= 0.6 is 23.5 Å². The lowest BCUT2D eigenvalue weighted by molar-refractivity contribution is -0.144. The van der Waals surface area contributed by atoms with Crippen molar-refractivity contribution in [2.45, 2.75) is 49.7 Å². The van der Waals surface area contributed by atoms with Crippen molar-refractivity contribution >= 4 is 29.5 Å². The van der Waals surface area contributed by atoms with Crippen LogP contribution in [0.2, 0.25) is 0 Å². The second kappa shape index (κ2) is 7.81. The monoisotopic (exact) mass is 357 g/mol. The van der Waals surface area contributed by atoms with Crippen molar-refractivity contribution in [3.63, 3.8) is 0 Å². The quantitative estimate of drug-likeness (QED) is 0.555. The lowest BCUT2D eigenvalue weighted by Crippen LogP contribution is -2.60. The molecule has 1 fully saturated rings. The smallest absolute Gasteiger partial charge is 0.339 e. The summed E-state index contributed by atoms with van der Waals surface area (Å²) >= 11 is 3.52. The highest BCUT2D eigenvalue weighted by Crippen LogP contribution is 2.51. The molecule has 0 aromatic rings. The van der Waals surface area contributed by atoms with Gasteiger partial charge in [0.1, 0.15) is 5.76 Å². The van der Waals surface area contributed by atoms with Gasteiger partial charge in [-0.25, -0.2) is 4.79 Å². The number of rotatable bonds is 5. The van der Waals surface area contributed by atoms with Crippen LogP contribution in [0.15, 0.2) is 11.3 Å². The van der Waals surface area contributed by atoms with Gasteiger partial charge in [-0.15, -0.1) is 23.5 Å². The van der Waals surface area contributed by atoms with E-state index in [-0.39, 0.29) is 12.0 Å². The molecule has 2 heterocycles. The fourth-order valence-electron chi connectivity index (χ4n) is 3.87. The zero-order chi connectivity index (χ0) is 16.3. The maximum Gasteiger partial charge on any atom is 0.339 e. The van der Waals surface area contributed by atoms with Crippen molar-refractivity contribution in [2.75, 3.05) is 37.8 Å². The van der Waals surface area contributed by atoms with Gasteiger partial charge in [-0.1, -0.05) is 13.8 Å². The molecule has 3 rings (SSSR count). The Bertz CT molecular complexity index is 468. The Morgan fingerprint density at radius 3 is 2.43 bits per heavy atom. The number of allylic oxidation sites excluding steroid dienone is 1. The Morgan fingerprint density at radius 1 is 1.13 bits per heavy atom. The Labute approximate surface area is 147 Å². The first kappa shape index (κ1) is 17.6. The zero-order valence-electron chi connectivity index (χ0n) is 14.1. The molecule has 0 spiro atoms. The van der Waals surface area contributed by atoms with Gasteiger partial charge >= 0.3 is 5.97 Å². The minimum absolute atomic E-state index is 0.0339. The molecule has 0 radical (unpaired) electrons. The molecule has 0 aromatic heterocycles. The van der Waals surface area contributed by atoms with E-state index in [2.05, 4.69) is 18.7 Å². The summed E-state index contributed by atoms with van der Waals surface area (Å²) in [4.78, 5) is 15.5. The molecule has 0 N–H and O–H groups in total. The number of ether oxygens (including phenoxy) is 2. The standard InChI is InChI=1S/C17H27NO3S2/c1-3-22-17(23-4-2)15(18-9-11-20-12-10-18)13-7-5-6-8-14(13)21-16(17)19/h15H,3-12H2,1-2H3. The number of hydrogen-bond acceptors (Lipinski definition) is 6. The molecule has 6 heteroatoms. The van der Waals surface area contributed by atoms with Crippen LogP contribution in [0.5, 0.6) is 0 Å². The van der Waals surface area contributed by atoms with Crippen LogP contribution in [0.25, 0.3) is 0 Å². The Kier molecular flexibility index (Phi) is 5.99. The van der Waals surface area contributed by atoms with Crippen LogP contribution in [0.4, 0.5) is 0 Å². The lowest BCUT2D eigenvalue weighted by Gasteiger charge is -2.49. The number of thioether (sulfide) groups is 2. The van der Waals surface area contributed by atoms with Gasteiger partial charge in [0.05, 0.1) is 19.3 Å². The zero-order valence-corrected chi connectivity index (χ0v) is 15.8. The highest BCUT2D eigenvalue weighted by atomic mass is 32.2. The summed E-state index contributed by atoms with van der Waals surface area (Å²) in [7, 11) is 0. The molecule has 1 unspecified atom stereocenters. The van der Waals surface area contributed by atoms with Gasteiger partial charge in [0, 0.05) is 19.5 Å². The van der Waals surface area contributed by atoms with E-state index < -0.39 is 4.08 Å². The largest absolute Gasteiger partial charge is 0.429 e. The Morgan fingerprint density at radius 2 is 1.78 bits per heavy atom. The second-order valence-electron chi connectivity index (χ2n) is 6.13. The molecule has 4 nitrogen and oxygen atoms in total. The van der Waals surface area contributed by atoms with Gasteiger partial charge in [0.25, 0.3) is 0 Å². The van der Waals surface area contributed by atoms with Crippen molar-refractivity contribution < 1.29 is 14.3 Å². The van der Waals surface area contributed by atoms with E-state index in [0.29, 0.717) is 0 Å². The normalized spacial score (nSPS) is 28.4. The van der Waals surface area contributed by atoms with E-state index in [0.717, 1.165) is 62.8 Å². The van der Waals surface area contributed by atoms with Crippen LogP contribution in [-0.2, 0) is 14.3 Å². The molecular weight excluding hydrogens is 330 g/mol.